The zero-order valence-corrected chi connectivity index (χ0v) is 12.5. The Labute approximate surface area is 127 Å². The van der Waals surface area contributed by atoms with Crippen LogP contribution in [0.1, 0.15) is 13.8 Å². The standard InChI is InChI=1S/C17H16F2O3/c1-17(2,16(20)21-3)22-13-7-4-11(5-8-13)14-9-6-12(18)10-15(14)19/h4-10H,1-3H3. The minimum Gasteiger partial charge on any atom is -0.476 e. The number of hydrogen-bond acceptors (Lipinski definition) is 3. The maximum atomic E-state index is 13.7. The normalized spacial score (nSPS) is 11.1. The summed E-state index contributed by atoms with van der Waals surface area (Å²) in [5.74, 6) is -1.31. The number of esters is 1. The van der Waals surface area contributed by atoms with Crippen LogP contribution in [0.4, 0.5) is 8.78 Å². The number of carbonyl (C=O) groups is 1. The zero-order valence-electron chi connectivity index (χ0n) is 12.5. The van der Waals surface area contributed by atoms with Crippen molar-refractivity contribution in [2.45, 2.75) is 19.4 Å². The first kappa shape index (κ1) is 15.9. The second kappa shape index (κ2) is 6.13. The highest BCUT2D eigenvalue weighted by Crippen LogP contribution is 2.27. The first-order valence-corrected chi connectivity index (χ1v) is 6.66. The molecule has 0 saturated heterocycles. The van der Waals surface area contributed by atoms with Gasteiger partial charge in [0.05, 0.1) is 7.11 Å². The van der Waals surface area contributed by atoms with Crippen molar-refractivity contribution in [1.82, 2.24) is 0 Å². The minimum absolute atomic E-state index is 0.292. The third kappa shape index (κ3) is 3.42. The summed E-state index contributed by atoms with van der Waals surface area (Å²) in [5.41, 5.74) is -0.252. The first-order valence-electron chi connectivity index (χ1n) is 6.66. The molecule has 22 heavy (non-hydrogen) atoms. The molecule has 0 amide bonds. The summed E-state index contributed by atoms with van der Waals surface area (Å²) in [4.78, 5) is 11.6. The second-order valence-electron chi connectivity index (χ2n) is 5.25. The summed E-state index contributed by atoms with van der Waals surface area (Å²) in [6.07, 6.45) is 0. The third-order valence-electron chi connectivity index (χ3n) is 3.15. The number of benzene rings is 2. The van der Waals surface area contributed by atoms with Gasteiger partial charge in [0.15, 0.2) is 5.60 Å². The highest BCUT2D eigenvalue weighted by Gasteiger charge is 2.30. The van der Waals surface area contributed by atoms with Gasteiger partial charge < -0.3 is 9.47 Å². The predicted octanol–water partition coefficient (Wildman–Crippen LogP) is 3.96. The molecule has 5 heteroatoms. The molecule has 2 aromatic rings. The largest absolute Gasteiger partial charge is 0.476 e. The van der Waals surface area contributed by atoms with Gasteiger partial charge in [-0.25, -0.2) is 13.6 Å². The van der Waals surface area contributed by atoms with Crippen LogP contribution in [-0.4, -0.2) is 18.7 Å². The van der Waals surface area contributed by atoms with Crippen LogP contribution >= 0.6 is 0 Å². The molecule has 0 saturated carbocycles. The summed E-state index contributed by atoms with van der Waals surface area (Å²) in [6.45, 7) is 3.18. The van der Waals surface area contributed by atoms with Crippen LogP contribution in [0.2, 0.25) is 0 Å². The van der Waals surface area contributed by atoms with Gasteiger partial charge in [-0.1, -0.05) is 12.1 Å². The molecule has 2 rings (SSSR count). The van der Waals surface area contributed by atoms with E-state index in [0.717, 1.165) is 6.07 Å². The Hall–Kier alpha value is -2.43. The summed E-state index contributed by atoms with van der Waals surface area (Å²) < 4.78 is 36.9. The van der Waals surface area contributed by atoms with E-state index in [-0.39, 0.29) is 0 Å². The summed E-state index contributed by atoms with van der Waals surface area (Å²) in [6, 6.07) is 9.91. The van der Waals surface area contributed by atoms with Gasteiger partial charge >= 0.3 is 5.97 Å². The van der Waals surface area contributed by atoms with Crippen molar-refractivity contribution in [2.24, 2.45) is 0 Å². The molecular formula is C17H16F2O3. The molecule has 0 aliphatic rings. The molecule has 0 aromatic heterocycles. The number of methoxy groups -OCH3 is 1. The van der Waals surface area contributed by atoms with Gasteiger partial charge in [0, 0.05) is 11.6 Å². The second-order valence-corrected chi connectivity index (χ2v) is 5.25. The van der Waals surface area contributed by atoms with Crippen molar-refractivity contribution in [1.29, 1.82) is 0 Å². The molecule has 2 aromatic carbocycles. The molecule has 0 bridgehead atoms. The molecule has 3 nitrogen and oxygen atoms in total. The van der Waals surface area contributed by atoms with Gasteiger partial charge in [-0.3, -0.25) is 0 Å². The SMILES string of the molecule is COC(=O)C(C)(C)Oc1ccc(-c2ccc(F)cc2F)cc1. The van der Waals surface area contributed by atoms with E-state index < -0.39 is 23.2 Å². The fourth-order valence-electron chi connectivity index (χ4n) is 2.01. The lowest BCUT2D eigenvalue weighted by molar-refractivity contribution is -0.156. The Morgan fingerprint density at radius 2 is 1.68 bits per heavy atom. The molecule has 0 atom stereocenters. The van der Waals surface area contributed by atoms with Crippen molar-refractivity contribution in [2.75, 3.05) is 7.11 Å². The van der Waals surface area contributed by atoms with E-state index in [1.54, 1.807) is 38.1 Å². The minimum atomic E-state index is -1.13. The lowest BCUT2D eigenvalue weighted by atomic mass is 10.0. The lowest BCUT2D eigenvalue weighted by Crippen LogP contribution is -2.39. The third-order valence-corrected chi connectivity index (χ3v) is 3.15. The molecule has 116 valence electrons. The maximum absolute atomic E-state index is 13.7. The summed E-state index contributed by atoms with van der Waals surface area (Å²) >= 11 is 0. The molecule has 0 radical (unpaired) electrons. The van der Waals surface area contributed by atoms with Crippen LogP contribution in [0, 0.1) is 11.6 Å². The maximum Gasteiger partial charge on any atom is 0.349 e. The Kier molecular flexibility index (Phi) is 4.45. The summed E-state index contributed by atoms with van der Waals surface area (Å²) in [7, 11) is 1.29. The van der Waals surface area contributed by atoms with Crippen LogP contribution in [0.15, 0.2) is 42.5 Å². The molecular weight excluding hydrogens is 290 g/mol. The van der Waals surface area contributed by atoms with Crippen LogP contribution in [0.25, 0.3) is 11.1 Å². The van der Waals surface area contributed by atoms with Crippen molar-refractivity contribution >= 4 is 5.97 Å². The molecule has 0 aliphatic carbocycles. The van der Waals surface area contributed by atoms with Crippen molar-refractivity contribution < 1.29 is 23.0 Å². The van der Waals surface area contributed by atoms with Crippen molar-refractivity contribution in [3.8, 4) is 16.9 Å². The quantitative estimate of drug-likeness (QED) is 0.802. The van der Waals surface area contributed by atoms with E-state index in [1.165, 1.54) is 19.2 Å². The average Bonchev–Trinajstić information content (AvgIpc) is 2.47. The van der Waals surface area contributed by atoms with Crippen LogP contribution in [0.5, 0.6) is 5.75 Å². The lowest BCUT2D eigenvalue weighted by Gasteiger charge is -2.23. The number of carbonyl (C=O) groups excluding carboxylic acids is 1. The van der Waals surface area contributed by atoms with Gasteiger partial charge in [0.2, 0.25) is 0 Å². The average molecular weight is 306 g/mol. The smallest absolute Gasteiger partial charge is 0.349 e. The molecule has 0 heterocycles. The Morgan fingerprint density at radius 3 is 2.23 bits per heavy atom. The Morgan fingerprint density at radius 1 is 1.05 bits per heavy atom. The van der Waals surface area contributed by atoms with Crippen molar-refractivity contribution in [3.05, 3.63) is 54.1 Å². The Balaban J connectivity index is 2.22. The van der Waals surface area contributed by atoms with Crippen molar-refractivity contribution in [3.63, 3.8) is 0 Å². The molecule has 0 N–H and O–H groups in total. The fourth-order valence-corrected chi connectivity index (χ4v) is 2.01. The van der Waals surface area contributed by atoms with E-state index in [0.29, 0.717) is 16.9 Å². The van der Waals surface area contributed by atoms with E-state index in [2.05, 4.69) is 4.74 Å². The predicted molar refractivity (Wildman–Crippen MR) is 78.5 cm³/mol. The molecule has 0 aliphatic heterocycles. The fraction of sp³-hybridized carbons (Fsp3) is 0.235. The number of ether oxygens (including phenoxy) is 2. The number of halogens is 2. The zero-order chi connectivity index (χ0) is 16.3. The molecule has 0 fully saturated rings. The summed E-state index contributed by atoms with van der Waals surface area (Å²) in [5, 5.41) is 0. The Bertz CT molecular complexity index is 679. The molecule has 0 spiro atoms. The van der Waals surface area contributed by atoms with Gasteiger partial charge in [-0.15, -0.1) is 0 Å². The highest BCUT2D eigenvalue weighted by molar-refractivity contribution is 5.79. The van der Waals surface area contributed by atoms with Gasteiger partial charge in [-0.05, 0) is 43.7 Å². The highest BCUT2D eigenvalue weighted by atomic mass is 19.1. The topological polar surface area (TPSA) is 35.5 Å². The van der Waals surface area contributed by atoms with Gasteiger partial charge in [-0.2, -0.15) is 0 Å². The molecule has 0 unspecified atom stereocenters. The van der Waals surface area contributed by atoms with E-state index in [4.69, 9.17) is 4.74 Å². The van der Waals surface area contributed by atoms with E-state index >= 15 is 0 Å². The van der Waals surface area contributed by atoms with Gasteiger partial charge in [0.1, 0.15) is 17.4 Å². The van der Waals surface area contributed by atoms with Crippen LogP contribution < -0.4 is 4.74 Å². The van der Waals surface area contributed by atoms with E-state index in [1.807, 2.05) is 0 Å². The van der Waals surface area contributed by atoms with Gasteiger partial charge in [0.25, 0.3) is 0 Å². The van der Waals surface area contributed by atoms with Crippen LogP contribution in [-0.2, 0) is 9.53 Å². The first-order chi connectivity index (χ1) is 10.3. The monoisotopic (exact) mass is 306 g/mol. The van der Waals surface area contributed by atoms with E-state index in [9.17, 15) is 13.6 Å². The number of hydrogen-bond donors (Lipinski definition) is 0. The van der Waals surface area contributed by atoms with Crippen LogP contribution in [0.3, 0.4) is 0 Å². The number of rotatable bonds is 4.